The first-order valence-corrected chi connectivity index (χ1v) is 9.98. The third-order valence-electron chi connectivity index (χ3n) is 4.89. The number of para-hydroxylation sites is 2. The van der Waals surface area contributed by atoms with Gasteiger partial charge in [-0.3, -0.25) is 0 Å². The van der Waals surface area contributed by atoms with E-state index in [0.717, 1.165) is 36.7 Å². The zero-order valence-electron chi connectivity index (χ0n) is 17.0. The molecule has 0 fully saturated rings. The summed E-state index contributed by atoms with van der Waals surface area (Å²) in [5.74, 6) is 0.827. The molecule has 4 rings (SSSR count). The molecular weight excluding hydrogens is 487 g/mol. The maximum absolute atomic E-state index is 4.79. The number of guanidine groups is 1. The molecule has 2 heterocycles. The van der Waals surface area contributed by atoms with Gasteiger partial charge in [0.25, 0.3) is 0 Å². The third-order valence-corrected chi connectivity index (χ3v) is 4.89. The molecule has 0 spiro atoms. The number of nitrogens with one attached hydrogen (secondary N) is 3. The lowest BCUT2D eigenvalue weighted by Crippen LogP contribution is -2.38. The number of hydrogen-bond acceptors (Lipinski definition) is 2. The van der Waals surface area contributed by atoms with Crippen molar-refractivity contribution in [3.05, 3.63) is 84.6 Å². The van der Waals surface area contributed by atoms with Gasteiger partial charge in [-0.15, -0.1) is 24.0 Å². The Labute approximate surface area is 193 Å². The van der Waals surface area contributed by atoms with E-state index in [1.807, 2.05) is 29.2 Å². The number of fused-ring (bicyclic) bond motifs is 1. The van der Waals surface area contributed by atoms with E-state index in [2.05, 4.69) is 70.1 Å². The minimum Gasteiger partial charge on any atom is -0.361 e. The highest BCUT2D eigenvalue weighted by atomic mass is 127. The molecule has 156 valence electrons. The van der Waals surface area contributed by atoms with Crippen LogP contribution in [0.2, 0.25) is 0 Å². The predicted molar refractivity (Wildman–Crippen MR) is 134 cm³/mol. The van der Waals surface area contributed by atoms with Crippen molar-refractivity contribution in [3.63, 3.8) is 0 Å². The fraction of sp³-hybridized carbons (Fsp3) is 0.217. The van der Waals surface area contributed by atoms with Crippen molar-refractivity contribution in [2.24, 2.45) is 4.99 Å². The molecule has 0 radical (unpaired) electrons. The fourth-order valence-corrected chi connectivity index (χ4v) is 3.46. The monoisotopic (exact) mass is 514 g/mol. The maximum atomic E-state index is 4.79. The fourth-order valence-electron chi connectivity index (χ4n) is 3.46. The summed E-state index contributed by atoms with van der Waals surface area (Å²) < 4.78 is 2.02. The molecule has 0 saturated heterocycles. The number of aliphatic imine (C=N–C) groups is 1. The van der Waals surface area contributed by atoms with Gasteiger partial charge in [0.2, 0.25) is 0 Å². The van der Waals surface area contributed by atoms with E-state index in [9.17, 15) is 0 Å². The minimum atomic E-state index is 0. The van der Waals surface area contributed by atoms with Crippen molar-refractivity contribution in [1.29, 1.82) is 0 Å². The lowest BCUT2D eigenvalue weighted by atomic mass is 10.1. The van der Waals surface area contributed by atoms with E-state index >= 15 is 0 Å². The van der Waals surface area contributed by atoms with Gasteiger partial charge in [0.15, 0.2) is 5.96 Å². The Morgan fingerprint density at radius 3 is 2.73 bits per heavy atom. The third kappa shape index (κ3) is 5.21. The number of hydrogen-bond donors (Lipinski definition) is 3. The Kier molecular flexibility index (Phi) is 7.89. The standard InChI is InChI=1S/C23H26N6.HI/c1-2-25-23(26-12-11-18-15-27-21-9-5-4-8-20(18)21)28-16-19-7-3-6-10-22(19)29-14-13-24-17-29;/h3-10,13-15,17,27H,2,11-12,16H2,1H3,(H2,25,26,28);1H. The quantitative estimate of drug-likeness (QED) is 0.196. The van der Waals surface area contributed by atoms with Crippen LogP contribution in [0.4, 0.5) is 0 Å². The molecule has 2 aromatic carbocycles. The Hall–Kier alpha value is -2.81. The maximum Gasteiger partial charge on any atom is 0.191 e. The van der Waals surface area contributed by atoms with Crippen LogP contribution in [0.15, 0.2) is 78.4 Å². The SMILES string of the molecule is CCNC(=NCc1ccccc1-n1ccnc1)NCCc1c[nH]c2ccccc12.I. The number of benzene rings is 2. The molecule has 6 nitrogen and oxygen atoms in total. The van der Waals surface area contributed by atoms with Crippen LogP contribution >= 0.6 is 24.0 Å². The van der Waals surface area contributed by atoms with Crippen LogP contribution in [0.3, 0.4) is 0 Å². The second-order valence-corrected chi connectivity index (χ2v) is 6.83. The Balaban J connectivity index is 0.00000256. The molecule has 30 heavy (non-hydrogen) atoms. The van der Waals surface area contributed by atoms with Crippen LogP contribution < -0.4 is 10.6 Å². The molecular formula is C23H27IN6. The Bertz CT molecular complexity index is 1080. The first-order valence-electron chi connectivity index (χ1n) is 9.98. The van der Waals surface area contributed by atoms with Crippen molar-refractivity contribution in [3.8, 4) is 5.69 Å². The zero-order valence-corrected chi connectivity index (χ0v) is 19.3. The van der Waals surface area contributed by atoms with Crippen LogP contribution in [-0.4, -0.2) is 33.6 Å². The van der Waals surface area contributed by atoms with Crippen LogP contribution in [-0.2, 0) is 13.0 Å². The van der Waals surface area contributed by atoms with Gasteiger partial charge in [0.05, 0.1) is 18.6 Å². The topological polar surface area (TPSA) is 70.0 Å². The molecule has 0 amide bonds. The first-order chi connectivity index (χ1) is 14.3. The number of nitrogens with zero attached hydrogens (tertiary/aromatic N) is 3. The Morgan fingerprint density at radius 2 is 1.90 bits per heavy atom. The van der Waals surface area contributed by atoms with Crippen LogP contribution in [0.5, 0.6) is 0 Å². The van der Waals surface area contributed by atoms with E-state index in [-0.39, 0.29) is 24.0 Å². The highest BCUT2D eigenvalue weighted by Gasteiger charge is 2.06. The van der Waals surface area contributed by atoms with E-state index in [1.165, 1.54) is 16.5 Å². The molecule has 3 N–H and O–H groups in total. The molecule has 7 heteroatoms. The Morgan fingerprint density at radius 1 is 1.07 bits per heavy atom. The van der Waals surface area contributed by atoms with Crippen LogP contribution in [0.25, 0.3) is 16.6 Å². The van der Waals surface area contributed by atoms with Gasteiger partial charge in [0.1, 0.15) is 0 Å². The van der Waals surface area contributed by atoms with E-state index in [1.54, 1.807) is 6.20 Å². The summed E-state index contributed by atoms with van der Waals surface area (Å²) in [6, 6.07) is 16.7. The van der Waals surface area contributed by atoms with Crippen molar-refractivity contribution in [2.45, 2.75) is 19.9 Å². The number of aromatic nitrogens is 3. The highest BCUT2D eigenvalue weighted by molar-refractivity contribution is 14.0. The summed E-state index contributed by atoms with van der Waals surface area (Å²) in [6.45, 7) is 4.31. The van der Waals surface area contributed by atoms with E-state index in [4.69, 9.17) is 4.99 Å². The lowest BCUT2D eigenvalue weighted by molar-refractivity contribution is 0.800. The number of imidazole rings is 1. The number of aromatic amines is 1. The molecule has 0 bridgehead atoms. The summed E-state index contributed by atoms with van der Waals surface area (Å²) in [7, 11) is 0. The molecule has 0 atom stereocenters. The number of halogens is 1. The van der Waals surface area contributed by atoms with Gasteiger partial charge in [-0.05, 0) is 36.6 Å². The van der Waals surface area contributed by atoms with Gasteiger partial charge in [-0.1, -0.05) is 36.4 Å². The lowest BCUT2D eigenvalue weighted by Gasteiger charge is -2.12. The van der Waals surface area contributed by atoms with Crippen LogP contribution in [0, 0.1) is 0 Å². The van der Waals surface area contributed by atoms with Gasteiger partial charge >= 0.3 is 0 Å². The summed E-state index contributed by atoms with van der Waals surface area (Å²) in [6.07, 6.45) is 8.58. The number of rotatable bonds is 7. The van der Waals surface area contributed by atoms with Crippen LogP contribution in [0.1, 0.15) is 18.1 Å². The molecule has 0 aliphatic rings. The summed E-state index contributed by atoms with van der Waals surface area (Å²) in [5, 5.41) is 8.07. The van der Waals surface area contributed by atoms with Gasteiger partial charge in [-0.2, -0.15) is 0 Å². The molecule has 2 aromatic heterocycles. The smallest absolute Gasteiger partial charge is 0.191 e. The second kappa shape index (κ2) is 10.8. The van der Waals surface area contributed by atoms with Crippen molar-refractivity contribution in [2.75, 3.05) is 13.1 Å². The first kappa shape index (κ1) is 21.9. The van der Waals surface area contributed by atoms with Crippen molar-refractivity contribution >= 4 is 40.8 Å². The largest absolute Gasteiger partial charge is 0.361 e. The summed E-state index contributed by atoms with van der Waals surface area (Å²) in [4.78, 5) is 12.3. The molecule has 4 aromatic rings. The number of H-pyrrole nitrogens is 1. The average molecular weight is 514 g/mol. The average Bonchev–Trinajstić information content (AvgIpc) is 3.43. The predicted octanol–water partition coefficient (Wildman–Crippen LogP) is 4.27. The summed E-state index contributed by atoms with van der Waals surface area (Å²) in [5.41, 5.74) is 4.75. The normalized spacial score (nSPS) is 11.3. The van der Waals surface area contributed by atoms with E-state index < -0.39 is 0 Å². The molecule has 0 aliphatic carbocycles. The highest BCUT2D eigenvalue weighted by Crippen LogP contribution is 2.18. The molecule has 0 unspecified atom stereocenters. The van der Waals surface area contributed by atoms with Gasteiger partial charge < -0.3 is 20.2 Å². The molecule has 0 aliphatic heterocycles. The second-order valence-electron chi connectivity index (χ2n) is 6.83. The summed E-state index contributed by atoms with van der Waals surface area (Å²) >= 11 is 0. The van der Waals surface area contributed by atoms with Gasteiger partial charge in [0, 0.05) is 42.6 Å². The van der Waals surface area contributed by atoms with Crippen molar-refractivity contribution < 1.29 is 0 Å². The van der Waals surface area contributed by atoms with E-state index in [0.29, 0.717) is 6.54 Å². The zero-order chi connectivity index (χ0) is 19.9. The minimum absolute atomic E-state index is 0. The molecule has 0 saturated carbocycles. The van der Waals surface area contributed by atoms with Crippen molar-refractivity contribution in [1.82, 2.24) is 25.2 Å². The van der Waals surface area contributed by atoms with Gasteiger partial charge in [-0.25, -0.2) is 9.98 Å².